The third kappa shape index (κ3) is 2.74. The van der Waals surface area contributed by atoms with Gasteiger partial charge in [-0.15, -0.1) is 0 Å². The topological polar surface area (TPSA) is 40.5 Å². The first-order chi connectivity index (χ1) is 10.1. The summed E-state index contributed by atoms with van der Waals surface area (Å²) in [6.07, 6.45) is 12.3. The number of hydrogen-bond acceptors (Lipinski definition) is 2. The third-order valence-corrected chi connectivity index (χ3v) is 6.98. The van der Waals surface area contributed by atoms with Gasteiger partial charge in [-0.05, 0) is 94.0 Å². The average Bonchev–Trinajstić information content (AvgIpc) is 2.44. The zero-order valence-electron chi connectivity index (χ0n) is 13.1. The van der Waals surface area contributed by atoms with E-state index in [4.69, 9.17) is 0 Å². The quantitative estimate of drug-likeness (QED) is 0.863. The maximum absolute atomic E-state index is 11.2. The SMILES string of the molecule is O=C(O)C1CCCN(CCC23CC4CC(CC(C4)C2)C3)C1. The smallest absolute Gasteiger partial charge is 0.307 e. The summed E-state index contributed by atoms with van der Waals surface area (Å²) in [6.45, 7) is 3.06. The van der Waals surface area contributed by atoms with Crippen molar-refractivity contribution in [2.45, 2.75) is 57.8 Å². The molecule has 0 aromatic rings. The fourth-order valence-corrected chi connectivity index (χ4v) is 6.45. The highest BCUT2D eigenvalue weighted by atomic mass is 16.4. The molecule has 3 heteroatoms. The molecule has 1 saturated heterocycles. The van der Waals surface area contributed by atoms with Gasteiger partial charge in [-0.25, -0.2) is 0 Å². The molecule has 21 heavy (non-hydrogen) atoms. The van der Waals surface area contributed by atoms with Gasteiger partial charge in [0.1, 0.15) is 0 Å². The van der Waals surface area contributed by atoms with Crippen molar-refractivity contribution in [1.29, 1.82) is 0 Å². The number of carbonyl (C=O) groups is 1. The van der Waals surface area contributed by atoms with Gasteiger partial charge in [0.05, 0.1) is 5.92 Å². The minimum atomic E-state index is -0.588. The van der Waals surface area contributed by atoms with Gasteiger partial charge in [-0.3, -0.25) is 4.79 Å². The number of nitrogens with zero attached hydrogens (tertiary/aromatic N) is 1. The predicted molar refractivity (Wildman–Crippen MR) is 82.0 cm³/mol. The van der Waals surface area contributed by atoms with Crippen LogP contribution in [0.25, 0.3) is 0 Å². The lowest BCUT2D eigenvalue weighted by Crippen LogP contribution is -2.48. The van der Waals surface area contributed by atoms with Crippen LogP contribution in [0, 0.1) is 29.1 Å². The van der Waals surface area contributed by atoms with Gasteiger partial charge < -0.3 is 10.0 Å². The van der Waals surface area contributed by atoms with E-state index in [1.54, 1.807) is 0 Å². The molecule has 4 bridgehead atoms. The molecule has 5 fully saturated rings. The molecule has 0 spiro atoms. The Morgan fingerprint density at radius 1 is 1.10 bits per heavy atom. The largest absolute Gasteiger partial charge is 0.481 e. The highest BCUT2D eigenvalue weighted by Crippen LogP contribution is 2.61. The van der Waals surface area contributed by atoms with Crippen molar-refractivity contribution in [2.75, 3.05) is 19.6 Å². The number of carboxylic acids is 1. The van der Waals surface area contributed by atoms with E-state index < -0.39 is 5.97 Å². The first-order valence-electron chi connectivity index (χ1n) is 9.07. The average molecular weight is 291 g/mol. The number of piperidine rings is 1. The van der Waals surface area contributed by atoms with Crippen molar-refractivity contribution < 1.29 is 9.90 Å². The van der Waals surface area contributed by atoms with Gasteiger partial charge in [0, 0.05) is 6.54 Å². The highest BCUT2D eigenvalue weighted by molar-refractivity contribution is 5.70. The maximum Gasteiger partial charge on any atom is 0.307 e. The zero-order chi connectivity index (χ0) is 14.4. The minimum absolute atomic E-state index is 0.116. The van der Waals surface area contributed by atoms with E-state index in [1.807, 2.05) is 0 Å². The predicted octanol–water partition coefficient (Wildman–Crippen LogP) is 3.39. The van der Waals surface area contributed by atoms with Crippen LogP contribution in [0.5, 0.6) is 0 Å². The molecule has 5 rings (SSSR count). The molecule has 4 aliphatic carbocycles. The summed E-state index contributed by atoms with van der Waals surface area (Å²) < 4.78 is 0. The van der Waals surface area contributed by atoms with Gasteiger partial charge in [-0.1, -0.05) is 0 Å². The molecule has 0 radical (unpaired) electrons. The molecule has 0 amide bonds. The Hall–Kier alpha value is -0.570. The van der Waals surface area contributed by atoms with Crippen molar-refractivity contribution >= 4 is 5.97 Å². The van der Waals surface area contributed by atoms with E-state index in [2.05, 4.69) is 4.90 Å². The molecule has 1 aliphatic heterocycles. The Kier molecular flexibility index (Phi) is 3.52. The van der Waals surface area contributed by atoms with E-state index >= 15 is 0 Å². The van der Waals surface area contributed by atoms with E-state index in [1.165, 1.54) is 44.9 Å². The molecule has 1 heterocycles. The van der Waals surface area contributed by atoms with Crippen LogP contribution < -0.4 is 0 Å². The van der Waals surface area contributed by atoms with Gasteiger partial charge in [0.25, 0.3) is 0 Å². The maximum atomic E-state index is 11.2. The lowest BCUT2D eigenvalue weighted by molar-refractivity contribution is -0.143. The van der Waals surface area contributed by atoms with Crippen molar-refractivity contribution in [1.82, 2.24) is 4.90 Å². The Morgan fingerprint density at radius 3 is 2.29 bits per heavy atom. The Balaban J connectivity index is 1.35. The van der Waals surface area contributed by atoms with Crippen LogP contribution in [0.4, 0.5) is 0 Å². The Morgan fingerprint density at radius 2 is 1.71 bits per heavy atom. The molecule has 1 atom stereocenters. The summed E-state index contributed by atoms with van der Waals surface area (Å²) in [5, 5.41) is 9.23. The number of hydrogen-bond donors (Lipinski definition) is 1. The molecule has 5 aliphatic rings. The van der Waals surface area contributed by atoms with Crippen LogP contribution in [0.1, 0.15) is 57.8 Å². The molecular weight excluding hydrogens is 262 g/mol. The molecule has 1 unspecified atom stereocenters. The number of carboxylic acid groups (broad SMARTS) is 1. The molecule has 0 aromatic heterocycles. The molecule has 0 aromatic carbocycles. The van der Waals surface area contributed by atoms with Gasteiger partial charge >= 0.3 is 5.97 Å². The second-order valence-electron chi connectivity index (χ2n) is 8.65. The van der Waals surface area contributed by atoms with E-state index in [0.717, 1.165) is 50.2 Å². The van der Waals surface area contributed by atoms with Crippen molar-refractivity contribution in [2.24, 2.45) is 29.1 Å². The normalized spacial score (nSPS) is 45.9. The summed E-state index contributed by atoms with van der Waals surface area (Å²) >= 11 is 0. The number of likely N-dealkylation sites (tertiary alicyclic amines) is 1. The van der Waals surface area contributed by atoms with Crippen LogP contribution in [-0.2, 0) is 4.79 Å². The minimum Gasteiger partial charge on any atom is -0.481 e. The van der Waals surface area contributed by atoms with Gasteiger partial charge in [0.2, 0.25) is 0 Å². The molecule has 1 N–H and O–H groups in total. The summed E-state index contributed by atoms with van der Waals surface area (Å²) in [7, 11) is 0. The van der Waals surface area contributed by atoms with E-state index in [0.29, 0.717) is 5.41 Å². The molecule has 118 valence electrons. The molecule has 3 nitrogen and oxygen atoms in total. The summed E-state index contributed by atoms with van der Waals surface area (Å²) in [5.41, 5.74) is 0.644. The third-order valence-electron chi connectivity index (χ3n) is 6.98. The standard InChI is InChI=1S/C18H29NO2/c20-17(21)16-2-1-4-19(12-16)5-3-18-9-13-6-14(10-18)8-15(7-13)11-18/h13-16H,1-12H2,(H,20,21). The fraction of sp³-hybridized carbons (Fsp3) is 0.944. The van der Waals surface area contributed by atoms with Crippen molar-refractivity contribution in [3.05, 3.63) is 0 Å². The first kappa shape index (κ1) is 14.0. The summed E-state index contributed by atoms with van der Waals surface area (Å²) in [5.74, 6) is 2.39. The van der Waals surface area contributed by atoms with Crippen molar-refractivity contribution in [3.63, 3.8) is 0 Å². The van der Waals surface area contributed by atoms with Crippen LogP contribution in [0.2, 0.25) is 0 Å². The second-order valence-corrected chi connectivity index (χ2v) is 8.65. The number of aliphatic carboxylic acids is 1. The second kappa shape index (κ2) is 5.26. The Bertz CT molecular complexity index is 384. The van der Waals surface area contributed by atoms with Gasteiger partial charge in [-0.2, -0.15) is 0 Å². The first-order valence-corrected chi connectivity index (χ1v) is 9.07. The highest BCUT2D eigenvalue weighted by Gasteiger charge is 2.50. The zero-order valence-corrected chi connectivity index (χ0v) is 13.1. The lowest BCUT2D eigenvalue weighted by atomic mass is 9.49. The summed E-state index contributed by atoms with van der Waals surface area (Å²) in [4.78, 5) is 13.6. The van der Waals surface area contributed by atoms with E-state index in [9.17, 15) is 9.90 Å². The molecule has 4 saturated carbocycles. The van der Waals surface area contributed by atoms with Crippen LogP contribution in [0.15, 0.2) is 0 Å². The van der Waals surface area contributed by atoms with Crippen LogP contribution in [0.3, 0.4) is 0 Å². The van der Waals surface area contributed by atoms with Crippen LogP contribution >= 0.6 is 0 Å². The summed E-state index contributed by atoms with van der Waals surface area (Å²) in [6, 6.07) is 0. The van der Waals surface area contributed by atoms with Crippen molar-refractivity contribution in [3.8, 4) is 0 Å². The van der Waals surface area contributed by atoms with Gasteiger partial charge in [0.15, 0.2) is 0 Å². The van der Waals surface area contributed by atoms with E-state index in [-0.39, 0.29) is 5.92 Å². The monoisotopic (exact) mass is 291 g/mol. The van der Waals surface area contributed by atoms with Crippen LogP contribution in [-0.4, -0.2) is 35.6 Å². The Labute approximate surface area is 128 Å². The fourth-order valence-electron chi connectivity index (χ4n) is 6.45. The number of rotatable bonds is 4. The molecular formula is C18H29NO2. The lowest BCUT2D eigenvalue weighted by Gasteiger charge is -2.57.